The van der Waals surface area contributed by atoms with Gasteiger partial charge in [-0.05, 0) is 29.5 Å². The second-order valence-corrected chi connectivity index (χ2v) is 5.50. The van der Waals surface area contributed by atoms with E-state index in [2.05, 4.69) is 20.8 Å². The summed E-state index contributed by atoms with van der Waals surface area (Å²) in [5, 5.41) is 0. The molecule has 0 aromatic heterocycles. The molecule has 0 radical (unpaired) electrons. The van der Waals surface area contributed by atoms with E-state index in [1.165, 1.54) is 0 Å². The molecule has 0 aliphatic carbocycles. The lowest BCUT2D eigenvalue weighted by Gasteiger charge is -2.19. The molecule has 0 heterocycles. The molecule has 1 aromatic carbocycles. The first kappa shape index (κ1) is 11.2. The van der Waals surface area contributed by atoms with Gasteiger partial charge in [0.2, 0.25) is 0 Å². The van der Waals surface area contributed by atoms with Gasteiger partial charge in [-0.1, -0.05) is 32.9 Å². The second-order valence-electron chi connectivity index (χ2n) is 4.51. The van der Waals surface area contributed by atoms with Gasteiger partial charge in [0.1, 0.15) is 0 Å². The SMILES string of the molecule is Cc1cc(C(C)(C)C)ccc1[SH](=O)=O. The average molecular weight is 212 g/mol. The monoisotopic (exact) mass is 212 g/mol. The van der Waals surface area contributed by atoms with Gasteiger partial charge in [0.15, 0.2) is 10.7 Å². The molecule has 0 fully saturated rings. The summed E-state index contributed by atoms with van der Waals surface area (Å²) in [7, 11) is -2.46. The molecule has 1 rings (SSSR count). The predicted octanol–water partition coefficient (Wildman–Crippen LogP) is 2.26. The maximum Gasteiger partial charge on any atom is 0.168 e. The molecule has 0 amide bonds. The summed E-state index contributed by atoms with van der Waals surface area (Å²) in [6, 6.07) is 5.51. The van der Waals surface area contributed by atoms with E-state index in [4.69, 9.17) is 0 Å². The molecule has 2 nitrogen and oxygen atoms in total. The Hall–Kier alpha value is -0.830. The van der Waals surface area contributed by atoms with Crippen LogP contribution in [0.25, 0.3) is 0 Å². The maximum absolute atomic E-state index is 10.8. The van der Waals surface area contributed by atoms with Gasteiger partial charge in [-0.25, -0.2) is 8.42 Å². The zero-order valence-corrected chi connectivity index (χ0v) is 9.89. The van der Waals surface area contributed by atoms with Crippen molar-refractivity contribution < 1.29 is 8.42 Å². The molecule has 0 atom stereocenters. The van der Waals surface area contributed by atoms with Gasteiger partial charge in [-0.3, -0.25) is 0 Å². The maximum atomic E-state index is 10.8. The quantitative estimate of drug-likeness (QED) is 0.725. The highest BCUT2D eigenvalue weighted by Gasteiger charge is 2.14. The molecule has 14 heavy (non-hydrogen) atoms. The fourth-order valence-corrected chi connectivity index (χ4v) is 1.88. The molecular weight excluding hydrogens is 196 g/mol. The van der Waals surface area contributed by atoms with E-state index in [0.717, 1.165) is 11.1 Å². The Morgan fingerprint density at radius 2 is 1.71 bits per heavy atom. The van der Waals surface area contributed by atoms with Crippen molar-refractivity contribution in [2.45, 2.75) is 38.0 Å². The van der Waals surface area contributed by atoms with E-state index in [1.54, 1.807) is 6.07 Å². The lowest BCUT2D eigenvalue weighted by atomic mass is 9.86. The van der Waals surface area contributed by atoms with Crippen LogP contribution < -0.4 is 0 Å². The minimum absolute atomic E-state index is 0.0673. The third-order valence-electron chi connectivity index (χ3n) is 2.26. The van der Waals surface area contributed by atoms with Crippen LogP contribution in [0.3, 0.4) is 0 Å². The van der Waals surface area contributed by atoms with E-state index in [1.807, 2.05) is 19.1 Å². The van der Waals surface area contributed by atoms with Crippen molar-refractivity contribution in [2.24, 2.45) is 0 Å². The summed E-state index contributed by atoms with van der Waals surface area (Å²) in [5.74, 6) is 0. The molecule has 0 saturated carbocycles. The van der Waals surface area contributed by atoms with Crippen LogP contribution in [0.5, 0.6) is 0 Å². The van der Waals surface area contributed by atoms with Crippen molar-refractivity contribution >= 4 is 10.7 Å². The number of thiol groups is 1. The normalized spacial score (nSPS) is 12.1. The third-order valence-corrected chi connectivity index (χ3v) is 3.15. The number of hydrogen-bond donors (Lipinski definition) is 1. The summed E-state index contributed by atoms with van der Waals surface area (Å²) in [6.45, 7) is 8.16. The minimum atomic E-state index is -2.46. The molecule has 0 aliphatic rings. The van der Waals surface area contributed by atoms with Crippen molar-refractivity contribution in [1.29, 1.82) is 0 Å². The van der Waals surface area contributed by atoms with Gasteiger partial charge < -0.3 is 0 Å². The van der Waals surface area contributed by atoms with Gasteiger partial charge in [0.05, 0.1) is 4.90 Å². The summed E-state index contributed by atoms with van der Waals surface area (Å²) in [4.78, 5) is 0.424. The predicted molar refractivity (Wildman–Crippen MR) is 58.5 cm³/mol. The van der Waals surface area contributed by atoms with Gasteiger partial charge in [0.25, 0.3) is 0 Å². The molecule has 0 N–H and O–H groups in total. The van der Waals surface area contributed by atoms with Crippen molar-refractivity contribution in [3.8, 4) is 0 Å². The Bertz CT molecular complexity index is 404. The van der Waals surface area contributed by atoms with Crippen molar-refractivity contribution in [3.63, 3.8) is 0 Å². The van der Waals surface area contributed by atoms with Crippen LogP contribution in [-0.4, -0.2) is 8.42 Å². The Balaban J connectivity index is 3.27. The Morgan fingerprint density at radius 3 is 2.07 bits per heavy atom. The van der Waals surface area contributed by atoms with E-state index in [9.17, 15) is 8.42 Å². The second kappa shape index (κ2) is 3.73. The van der Waals surface area contributed by atoms with Crippen molar-refractivity contribution in [2.75, 3.05) is 0 Å². The molecule has 0 spiro atoms. The van der Waals surface area contributed by atoms with E-state index >= 15 is 0 Å². The first-order valence-corrected chi connectivity index (χ1v) is 5.75. The third kappa shape index (κ3) is 2.35. The summed E-state index contributed by atoms with van der Waals surface area (Å²) >= 11 is 0. The van der Waals surface area contributed by atoms with Crippen LogP contribution in [0.2, 0.25) is 0 Å². The topological polar surface area (TPSA) is 34.1 Å². The number of rotatable bonds is 1. The number of benzene rings is 1. The van der Waals surface area contributed by atoms with Crippen LogP contribution in [0.1, 0.15) is 31.9 Å². The van der Waals surface area contributed by atoms with Crippen LogP contribution in [0, 0.1) is 6.92 Å². The lowest BCUT2D eigenvalue weighted by Crippen LogP contribution is -2.11. The van der Waals surface area contributed by atoms with Gasteiger partial charge in [-0.15, -0.1) is 0 Å². The molecule has 0 unspecified atom stereocenters. The summed E-state index contributed by atoms with van der Waals surface area (Å²) in [5.41, 5.74) is 2.06. The average Bonchev–Trinajstić information content (AvgIpc) is 2.01. The highest BCUT2D eigenvalue weighted by atomic mass is 32.2. The van der Waals surface area contributed by atoms with E-state index in [0.29, 0.717) is 4.90 Å². The molecule has 3 heteroatoms. The van der Waals surface area contributed by atoms with Crippen LogP contribution in [0.4, 0.5) is 0 Å². The molecule has 0 bridgehead atoms. The summed E-state index contributed by atoms with van der Waals surface area (Å²) < 4.78 is 21.6. The first-order chi connectivity index (χ1) is 6.32. The minimum Gasteiger partial charge on any atom is -0.227 e. The van der Waals surface area contributed by atoms with Crippen molar-refractivity contribution in [3.05, 3.63) is 29.3 Å². The highest BCUT2D eigenvalue weighted by Crippen LogP contribution is 2.24. The van der Waals surface area contributed by atoms with Crippen molar-refractivity contribution in [1.82, 2.24) is 0 Å². The molecule has 0 aliphatic heterocycles. The van der Waals surface area contributed by atoms with Gasteiger partial charge in [0, 0.05) is 0 Å². The Morgan fingerprint density at radius 1 is 1.14 bits per heavy atom. The Kier molecular flexibility index (Phi) is 3.00. The fourth-order valence-electron chi connectivity index (χ4n) is 1.33. The fraction of sp³-hybridized carbons (Fsp3) is 0.455. The zero-order chi connectivity index (χ0) is 10.9. The molecule has 0 saturated heterocycles. The smallest absolute Gasteiger partial charge is 0.168 e. The van der Waals surface area contributed by atoms with Crippen LogP contribution in [0.15, 0.2) is 23.1 Å². The van der Waals surface area contributed by atoms with Crippen LogP contribution >= 0.6 is 0 Å². The molecular formula is C11H16O2S. The number of hydrogen-bond acceptors (Lipinski definition) is 2. The van der Waals surface area contributed by atoms with Gasteiger partial charge >= 0.3 is 0 Å². The first-order valence-electron chi connectivity index (χ1n) is 4.58. The van der Waals surface area contributed by atoms with E-state index < -0.39 is 10.7 Å². The standard InChI is InChI=1S/C11H16O2S/c1-8-7-9(11(2,3)4)5-6-10(8)14(12)13/h5-7,14H,1-4H3. The van der Waals surface area contributed by atoms with Gasteiger partial charge in [-0.2, -0.15) is 0 Å². The molecule has 1 aromatic rings. The lowest BCUT2D eigenvalue weighted by molar-refractivity contribution is 0.587. The number of aryl methyl sites for hydroxylation is 1. The Labute approximate surface area is 86.9 Å². The molecule has 78 valence electrons. The highest BCUT2D eigenvalue weighted by molar-refractivity contribution is 7.72. The summed E-state index contributed by atoms with van der Waals surface area (Å²) in [6.07, 6.45) is 0. The van der Waals surface area contributed by atoms with E-state index in [-0.39, 0.29) is 5.41 Å². The largest absolute Gasteiger partial charge is 0.227 e. The zero-order valence-electron chi connectivity index (χ0n) is 9.00. The van der Waals surface area contributed by atoms with Crippen LogP contribution in [-0.2, 0) is 16.1 Å².